The predicted molar refractivity (Wildman–Crippen MR) is 107 cm³/mol. The number of rotatable bonds is 4. The molecule has 5 nitrogen and oxygen atoms in total. The van der Waals surface area contributed by atoms with Crippen LogP contribution in [0.5, 0.6) is 11.5 Å². The molecule has 1 saturated heterocycles. The number of aliphatic hydroxyl groups excluding tert-OH is 1. The highest BCUT2D eigenvalue weighted by molar-refractivity contribution is 5.49. The number of β-amino-alcohol motifs (C(OH)–C–C–N with tert-alkyl or cyclic N) is 1. The van der Waals surface area contributed by atoms with Gasteiger partial charge >= 0.3 is 0 Å². The minimum absolute atomic E-state index is 0.521. The van der Waals surface area contributed by atoms with Crippen LogP contribution in [-0.4, -0.2) is 55.9 Å². The number of aryl methyl sites for hydroxylation is 1. The number of ether oxygens (including phenoxy) is 2. The van der Waals surface area contributed by atoms with Gasteiger partial charge in [-0.2, -0.15) is 0 Å². The highest BCUT2D eigenvalue weighted by atomic mass is 16.5. The Morgan fingerprint density at radius 3 is 2.52 bits per heavy atom. The molecule has 2 heterocycles. The standard InChI is InChI=1S/C22H28N2O3/c1-17-4-2-5-19(14-17)24-10-8-23(9-11-24)16-20(25)18-6-7-21-22(15-18)27-13-3-12-26-21/h2,4-7,14-15,20,25H,3,8-13,16H2,1H3/t20-/m0/s1. The lowest BCUT2D eigenvalue weighted by Crippen LogP contribution is -2.47. The molecule has 0 aliphatic carbocycles. The Balaban J connectivity index is 1.34. The van der Waals surface area contributed by atoms with E-state index < -0.39 is 6.10 Å². The van der Waals surface area contributed by atoms with E-state index in [2.05, 4.69) is 41.0 Å². The van der Waals surface area contributed by atoms with Crippen molar-refractivity contribution in [3.63, 3.8) is 0 Å². The van der Waals surface area contributed by atoms with Gasteiger partial charge in [-0.15, -0.1) is 0 Å². The first-order valence-corrected chi connectivity index (χ1v) is 9.80. The third-order valence-corrected chi connectivity index (χ3v) is 5.33. The van der Waals surface area contributed by atoms with Gasteiger partial charge in [0, 0.05) is 44.8 Å². The third kappa shape index (κ3) is 4.37. The van der Waals surface area contributed by atoms with E-state index >= 15 is 0 Å². The number of aliphatic hydroxyl groups is 1. The molecule has 2 aliphatic rings. The monoisotopic (exact) mass is 368 g/mol. The molecule has 5 heteroatoms. The molecule has 0 bridgehead atoms. The van der Waals surface area contributed by atoms with Gasteiger partial charge in [-0.3, -0.25) is 4.90 Å². The quantitative estimate of drug-likeness (QED) is 0.899. The molecule has 2 aromatic rings. The highest BCUT2D eigenvalue weighted by Gasteiger charge is 2.21. The number of nitrogens with zero attached hydrogens (tertiary/aromatic N) is 2. The lowest BCUT2D eigenvalue weighted by atomic mass is 10.1. The molecule has 1 N–H and O–H groups in total. The molecule has 4 rings (SSSR count). The maximum Gasteiger partial charge on any atom is 0.161 e. The topological polar surface area (TPSA) is 45.2 Å². The van der Waals surface area contributed by atoms with Gasteiger partial charge in [-0.25, -0.2) is 0 Å². The fraction of sp³-hybridized carbons (Fsp3) is 0.455. The van der Waals surface area contributed by atoms with Crippen molar-refractivity contribution in [1.82, 2.24) is 4.90 Å². The van der Waals surface area contributed by atoms with Gasteiger partial charge in [0.1, 0.15) is 0 Å². The van der Waals surface area contributed by atoms with Crippen molar-refractivity contribution in [2.75, 3.05) is 50.8 Å². The Morgan fingerprint density at radius 2 is 1.74 bits per heavy atom. The van der Waals surface area contributed by atoms with Gasteiger partial charge in [0.25, 0.3) is 0 Å². The molecule has 27 heavy (non-hydrogen) atoms. The molecular weight excluding hydrogens is 340 g/mol. The Hall–Kier alpha value is -2.24. The lowest BCUT2D eigenvalue weighted by molar-refractivity contribution is 0.109. The highest BCUT2D eigenvalue weighted by Crippen LogP contribution is 2.32. The fourth-order valence-corrected chi connectivity index (χ4v) is 3.75. The van der Waals surface area contributed by atoms with E-state index in [0.717, 1.165) is 49.7 Å². The first-order chi connectivity index (χ1) is 13.2. The predicted octanol–water partition coefficient (Wildman–Crippen LogP) is 3.01. The van der Waals surface area contributed by atoms with Crippen molar-refractivity contribution in [3.05, 3.63) is 53.6 Å². The van der Waals surface area contributed by atoms with Gasteiger partial charge in [0.2, 0.25) is 0 Å². The van der Waals surface area contributed by atoms with E-state index in [-0.39, 0.29) is 0 Å². The van der Waals surface area contributed by atoms with E-state index in [9.17, 15) is 5.11 Å². The zero-order valence-corrected chi connectivity index (χ0v) is 15.9. The molecule has 1 fully saturated rings. The van der Waals surface area contributed by atoms with Crippen LogP contribution in [0.4, 0.5) is 5.69 Å². The minimum atomic E-state index is -0.521. The van der Waals surface area contributed by atoms with Crippen LogP contribution < -0.4 is 14.4 Å². The smallest absolute Gasteiger partial charge is 0.161 e. The van der Waals surface area contributed by atoms with Gasteiger partial charge in [-0.1, -0.05) is 18.2 Å². The molecular formula is C22H28N2O3. The summed E-state index contributed by atoms with van der Waals surface area (Å²) in [6.07, 6.45) is 0.366. The van der Waals surface area contributed by atoms with E-state index in [1.165, 1.54) is 11.3 Å². The average Bonchev–Trinajstić information content (AvgIpc) is 2.93. The van der Waals surface area contributed by atoms with Crippen LogP contribution in [0.2, 0.25) is 0 Å². The summed E-state index contributed by atoms with van der Waals surface area (Å²) in [6.45, 7) is 7.99. The maximum absolute atomic E-state index is 10.7. The number of hydrogen-bond acceptors (Lipinski definition) is 5. The van der Waals surface area contributed by atoms with Gasteiger partial charge in [0.15, 0.2) is 11.5 Å². The summed E-state index contributed by atoms with van der Waals surface area (Å²) < 4.78 is 11.4. The molecule has 0 radical (unpaired) electrons. The largest absolute Gasteiger partial charge is 0.490 e. The molecule has 2 aliphatic heterocycles. The number of anilines is 1. The summed E-state index contributed by atoms with van der Waals surface area (Å²) >= 11 is 0. The van der Waals surface area contributed by atoms with Gasteiger partial charge < -0.3 is 19.5 Å². The molecule has 0 spiro atoms. The van der Waals surface area contributed by atoms with Crippen molar-refractivity contribution in [3.8, 4) is 11.5 Å². The van der Waals surface area contributed by atoms with Crippen LogP contribution in [-0.2, 0) is 0 Å². The number of piperazine rings is 1. The molecule has 2 aromatic carbocycles. The first kappa shape index (κ1) is 18.1. The number of hydrogen-bond donors (Lipinski definition) is 1. The van der Waals surface area contributed by atoms with Crippen LogP contribution in [0.1, 0.15) is 23.7 Å². The van der Waals surface area contributed by atoms with Crippen LogP contribution in [0, 0.1) is 6.92 Å². The second kappa shape index (κ2) is 8.19. The van der Waals surface area contributed by atoms with E-state index in [1.54, 1.807) is 0 Å². The Morgan fingerprint density at radius 1 is 0.963 bits per heavy atom. The second-order valence-electron chi connectivity index (χ2n) is 7.40. The SMILES string of the molecule is Cc1cccc(N2CCN(C[C@H](O)c3ccc4c(c3)OCCCO4)CC2)c1. The maximum atomic E-state index is 10.7. The van der Waals surface area contributed by atoms with Crippen LogP contribution in [0.25, 0.3) is 0 Å². The van der Waals surface area contributed by atoms with Crippen molar-refractivity contribution < 1.29 is 14.6 Å². The Bertz CT molecular complexity index is 772. The zero-order chi connectivity index (χ0) is 18.6. The van der Waals surface area contributed by atoms with E-state index in [4.69, 9.17) is 9.47 Å². The van der Waals surface area contributed by atoms with Crippen LogP contribution in [0.3, 0.4) is 0 Å². The molecule has 0 aromatic heterocycles. The van der Waals surface area contributed by atoms with Crippen molar-refractivity contribution in [2.24, 2.45) is 0 Å². The minimum Gasteiger partial charge on any atom is -0.490 e. The summed E-state index contributed by atoms with van der Waals surface area (Å²) in [6, 6.07) is 14.4. The first-order valence-electron chi connectivity index (χ1n) is 9.80. The zero-order valence-electron chi connectivity index (χ0n) is 15.9. The normalized spacial score (nSPS) is 18.8. The third-order valence-electron chi connectivity index (χ3n) is 5.33. The molecule has 0 saturated carbocycles. The van der Waals surface area contributed by atoms with Gasteiger partial charge in [0.05, 0.1) is 19.3 Å². The summed E-state index contributed by atoms with van der Waals surface area (Å²) in [7, 11) is 0. The van der Waals surface area contributed by atoms with E-state index in [1.807, 2.05) is 18.2 Å². The summed E-state index contributed by atoms with van der Waals surface area (Å²) in [5.41, 5.74) is 3.47. The van der Waals surface area contributed by atoms with Crippen molar-refractivity contribution in [1.29, 1.82) is 0 Å². The fourth-order valence-electron chi connectivity index (χ4n) is 3.75. The van der Waals surface area contributed by atoms with Crippen LogP contribution in [0.15, 0.2) is 42.5 Å². The summed E-state index contributed by atoms with van der Waals surface area (Å²) in [5.74, 6) is 1.52. The van der Waals surface area contributed by atoms with Crippen molar-refractivity contribution in [2.45, 2.75) is 19.4 Å². The molecule has 144 valence electrons. The van der Waals surface area contributed by atoms with Gasteiger partial charge in [-0.05, 0) is 42.3 Å². The molecule has 0 amide bonds. The number of fused-ring (bicyclic) bond motifs is 1. The van der Waals surface area contributed by atoms with Crippen LogP contribution >= 0.6 is 0 Å². The number of benzene rings is 2. The summed E-state index contributed by atoms with van der Waals surface area (Å²) in [5, 5.41) is 10.7. The lowest BCUT2D eigenvalue weighted by Gasteiger charge is -2.37. The Kier molecular flexibility index (Phi) is 5.50. The Labute approximate surface area is 161 Å². The van der Waals surface area contributed by atoms with E-state index in [0.29, 0.717) is 19.8 Å². The molecule has 0 unspecified atom stereocenters. The average molecular weight is 368 g/mol. The summed E-state index contributed by atoms with van der Waals surface area (Å²) in [4.78, 5) is 4.75. The second-order valence-corrected chi connectivity index (χ2v) is 7.40. The molecule has 1 atom stereocenters. The van der Waals surface area contributed by atoms with Crippen molar-refractivity contribution >= 4 is 5.69 Å².